The van der Waals surface area contributed by atoms with Gasteiger partial charge in [0, 0.05) is 39.3 Å². The average molecular weight is 1890 g/mol. The van der Waals surface area contributed by atoms with Crippen molar-refractivity contribution < 1.29 is 79.1 Å². The Morgan fingerprint density at radius 3 is 1.23 bits per heavy atom. The number of hydrogen-bond acceptors (Lipinski definition) is 33. The number of aliphatic hydroxyl groups excluding tert-OH is 10. The van der Waals surface area contributed by atoms with Crippen LogP contribution >= 0.6 is 128 Å². The zero-order valence-corrected chi connectivity index (χ0v) is 69.9. The Hall–Kier alpha value is -8.46. The number of H-pyrrole nitrogens is 4. The maximum absolute atomic E-state index is 14.2. The maximum atomic E-state index is 14.2. The summed E-state index contributed by atoms with van der Waals surface area (Å²) >= 11 is 64.9. The number of alkyl halides is 5. The van der Waals surface area contributed by atoms with E-state index in [2.05, 4.69) is 121 Å². The number of ether oxygens (including phenoxy) is 5. The number of aliphatic hydroxyl groups is 10. The molecule has 24 N–H and O–H groups in total. The first-order valence-corrected chi connectivity index (χ1v) is 38.6. The van der Waals surface area contributed by atoms with E-state index in [1.54, 1.807) is 0 Å². The van der Waals surface area contributed by atoms with E-state index in [9.17, 15) is 69.8 Å². The van der Waals surface area contributed by atoms with Crippen molar-refractivity contribution in [3.8, 4) is 56.5 Å². The van der Waals surface area contributed by atoms with Gasteiger partial charge in [0.25, 0.3) is 16.7 Å². The number of rotatable bonds is 10. The van der Waals surface area contributed by atoms with E-state index >= 15 is 0 Å². The number of imidazole rings is 3. The van der Waals surface area contributed by atoms with Gasteiger partial charge in [0.15, 0.2) is 100 Å². The Labute approximate surface area is 727 Å². The van der Waals surface area contributed by atoms with Gasteiger partial charge in [-0.2, -0.15) is 19.9 Å². The fraction of sp³-hybridized carbons (Fsp3) is 0.448. The molecule has 5 fully saturated rings. The molecule has 5 aliphatic heterocycles. The molecule has 25 atom stereocenters. The van der Waals surface area contributed by atoms with Crippen molar-refractivity contribution in [3.63, 3.8) is 0 Å². The van der Waals surface area contributed by atoms with Crippen LogP contribution in [0.15, 0.2) is 58.0 Å². The summed E-state index contributed by atoms with van der Waals surface area (Å²) in [6.45, 7) is 7.24. The molecule has 0 saturated carbocycles. The smallest absolute Gasteiger partial charge is 0.280 e. The third-order valence-corrected chi connectivity index (χ3v) is 22.6. The Morgan fingerprint density at radius 1 is 0.450 bits per heavy atom. The molecule has 640 valence electrons. The molecular formula is C67H66Cl10FN23O18S. The Bertz CT molecular complexity index is 5810. The number of halogens is 11. The topological polar surface area (TPSA) is 634 Å². The number of fused-ring (bicyclic) bond motifs is 5. The average Bonchev–Trinajstić information content (AvgIpc) is 1.58. The Balaban J connectivity index is 0.000000147. The number of nitrogens with zero attached hydrogens (tertiary/aromatic N) is 14. The fourth-order valence-electron chi connectivity index (χ4n) is 13.6. The van der Waals surface area contributed by atoms with Gasteiger partial charge in [-0.25, -0.2) is 29.3 Å². The first-order chi connectivity index (χ1) is 56.5. The number of nitrogens with two attached hydrogens (primary N) is 5. The van der Waals surface area contributed by atoms with Crippen LogP contribution in [0, 0.1) is 67.0 Å². The summed E-state index contributed by atoms with van der Waals surface area (Å²) in [5.41, 5.74) is 28.0. The summed E-state index contributed by atoms with van der Waals surface area (Å²) in [7, 11) is 0. The molecular weight excluding hydrogens is 1820 g/mol. The van der Waals surface area contributed by atoms with Crippen LogP contribution < -0.4 is 45.3 Å². The third kappa shape index (κ3) is 16.9. The summed E-state index contributed by atoms with van der Waals surface area (Å²) in [4.78, 5) is 73.3. The molecule has 41 nitrogen and oxygen atoms in total. The van der Waals surface area contributed by atoms with Crippen LogP contribution in [0.3, 0.4) is 0 Å². The second-order valence-electron chi connectivity index (χ2n) is 27.2. The first-order valence-electron chi connectivity index (χ1n) is 34.4. The van der Waals surface area contributed by atoms with E-state index in [0.29, 0.717) is 22.3 Å². The van der Waals surface area contributed by atoms with Crippen molar-refractivity contribution in [2.75, 3.05) is 28.7 Å². The number of nitrogen functional groups attached to an aromatic ring is 5. The van der Waals surface area contributed by atoms with Gasteiger partial charge >= 0.3 is 0 Å². The van der Waals surface area contributed by atoms with E-state index in [1.807, 2.05) is 0 Å². The molecule has 0 amide bonds. The largest absolute Gasteiger partial charge is 0.391 e. The van der Waals surface area contributed by atoms with Crippen molar-refractivity contribution in [2.24, 2.45) is 0 Å². The summed E-state index contributed by atoms with van der Waals surface area (Å²) in [6.07, 6.45) is -14.3. The monoisotopic (exact) mass is 1880 g/mol. The highest BCUT2D eigenvalue weighted by Crippen LogP contribution is 2.51. The molecule has 5 unspecified atom stereocenters. The summed E-state index contributed by atoms with van der Waals surface area (Å²) in [5.74, 6) is 11.3. The molecule has 5 saturated heterocycles. The van der Waals surface area contributed by atoms with Crippen LogP contribution in [-0.2, 0) is 23.7 Å². The molecule has 0 spiro atoms. The van der Waals surface area contributed by atoms with Gasteiger partial charge in [0.2, 0.25) is 23.8 Å². The van der Waals surface area contributed by atoms with Crippen LogP contribution in [0.2, 0.25) is 0 Å². The van der Waals surface area contributed by atoms with Gasteiger partial charge < -0.3 is 113 Å². The predicted octanol–water partition coefficient (Wildman–Crippen LogP) is 1.02. The zero-order chi connectivity index (χ0) is 88.2. The van der Waals surface area contributed by atoms with E-state index in [4.69, 9.17) is 181 Å². The molecule has 10 aromatic rings. The minimum atomic E-state index is -1.82. The second kappa shape index (κ2) is 36.2. The summed E-state index contributed by atoms with van der Waals surface area (Å²) in [6, 6.07) is 1.51. The molecule has 0 bridgehead atoms. The Morgan fingerprint density at radius 2 is 0.800 bits per heavy atom. The lowest BCUT2D eigenvalue weighted by molar-refractivity contribution is -0.0752. The van der Waals surface area contributed by atoms with Crippen LogP contribution in [0.4, 0.5) is 34.1 Å². The lowest BCUT2D eigenvalue weighted by Crippen LogP contribution is -2.43. The lowest BCUT2D eigenvalue weighted by Gasteiger charge is -2.25. The molecule has 5 aliphatic rings. The minimum Gasteiger partial charge on any atom is -0.391 e. The number of aromatic amines is 4. The Kier molecular flexibility index (Phi) is 27.8. The molecule has 0 aromatic carbocycles. The molecule has 0 radical (unpaired) electrons. The van der Waals surface area contributed by atoms with Gasteiger partial charge in [0.1, 0.15) is 83.1 Å². The van der Waals surface area contributed by atoms with Crippen LogP contribution in [0.5, 0.6) is 0 Å². The van der Waals surface area contributed by atoms with E-state index in [1.165, 1.54) is 90.3 Å². The number of anilines is 5. The van der Waals surface area contributed by atoms with E-state index in [-0.39, 0.29) is 67.6 Å². The van der Waals surface area contributed by atoms with Crippen molar-refractivity contribution in [3.05, 3.63) is 85.2 Å². The van der Waals surface area contributed by atoms with Gasteiger partial charge in [-0.05, 0) is 98.7 Å². The molecule has 15 heterocycles. The number of aromatic nitrogens is 18. The molecule has 10 aromatic heterocycles. The van der Waals surface area contributed by atoms with E-state index in [0.717, 1.165) is 10.8 Å². The van der Waals surface area contributed by atoms with Gasteiger partial charge in [-0.3, -0.25) is 47.6 Å². The summed E-state index contributed by atoms with van der Waals surface area (Å²) in [5, 5.41) is 112. The highest BCUT2D eigenvalue weighted by atomic mass is 35.5. The van der Waals surface area contributed by atoms with Crippen molar-refractivity contribution in [2.45, 2.75) is 182 Å². The van der Waals surface area contributed by atoms with Crippen LogP contribution in [0.1, 0.15) is 65.8 Å². The van der Waals surface area contributed by atoms with Crippen molar-refractivity contribution in [1.82, 2.24) is 87.6 Å². The third-order valence-electron chi connectivity index (χ3n) is 19.3. The fourth-order valence-corrected chi connectivity index (χ4v) is 16.5. The van der Waals surface area contributed by atoms with E-state index < -0.39 is 170 Å². The van der Waals surface area contributed by atoms with Crippen molar-refractivity contribution >= 4 is 214 Å². The second-order valence-corrected chi connectivity index (χ2v) is 31.7. The number of hydrogen-bond donors (Lipinski definition) is 19. The van der Waals surface area contributed by atoms with Crippen LogP contribution in [-0.4, -0.2) is 255 Å². The first kappa shape index (κ1) is 92.3. The SMILES string of the molecule is C[C@H](O)[C@H]1O[C@@H](n2cc(F)c3c(=O)[nH]c(N)nc32)C(Cl)(C#CCl)[C@H]1O.C[C@H](O)[C@H]1O[C@@H](n2ccc3c(=O)[nH]c(N)nc32)C(Cl)(C#CCl)[C@H]1O.C[C@H](O)[C@H]1O[C@@H](n2cnc3c(=O)[nH]c(N)nc32)C(Cl)(C#CCl)[C@H]1O.C[C@H](O)[C@H]1O[C@@H](n2cnc3c(=S)nc(N)[nH]c32)C(Cl)(C#CCl)[C@H]1O.C[C@H](O)[C@H]1O[C@@H](n2cnc3cnc(N)nc32)C(Cl)(C#CCl)[C@H]1O. The minimum absolute atomic E-state index is 0.0145. The zero-order valence-electron chi connectivity index (χ0n) is 61.5. The van der Waals surface area contributed by atoms with Crippen molar-refractivity contribution in [1.29, 1.82) is 0 Å². The summed E-state index contributed by atoms with van der Waals surface area (Å²) < 4.78 is 49.7. The van der Waals surface area contributed by atoms with Gasteiger partial charge in [-0.15, -0.1) is 0 Å². The molecule has 53 heteroatoms. The molecule has 120 heavy (non-hydrogen) atoms. The normalized spacial score (nSPS) is 31.0. The van der Waals surface area contributed by atoms with Gasteiger partial charge in [0.05, 0.1) is 61.1 Å². The number of nitrogens with one attached hydrogen (secondary N) is 4. The van der Waals surface area contributed by atoms with Gasteiger partial charge in [-0.1, -0.05) is 99.8 Å². The predicted molar refractivity (Wildman–Crippen MR) is 438 cm³/mol. The molecule has 15 rings (SSSR count). The lowest BCUT2D eigenvalue weighted by atomic mass is 9.97. The highest BCUT2D eigenvalue weighted by Gasteiger charge is 2.62. The molecule has 0 aliphatic carbocycles. The maximum Gasteiger partial charge on any atom is 0.280 e. The van der Waals surface area contributed by atoms with Crippen LogP contribution in [0.25, 0.3) is 55.6 Å². The standard InChI is InChI=1S/C14H13Cl2FN4O4.C14H14Cl2N4O4.C13H13Cl2N5O4.C13H13Cl2N5O3S.C13H13Cl2N5O3/c1-5(22)8-9(23)14(16,2-3-15)12(25-8)21-4-6(17)7-10(21)19-13(18)20-11(7)24;1-6(21)8-9(22)14(16,3-4-15)12(24-8)20-5-2-7-10(20)18-13(17)19-11(7)23;1-5(21)7-8(22)13(15,2-3-14)11(24-7)20-4-17-6-9(20)18-12(16)19-10(6)23;1-5(21)7-8(22)13(15,2-3-14)11(23-7)20-4-17-6-9(20)18-12(16)19-10(6)24;1-6(21)8-9(22)13(15,2-3-14)11(23-8)20-5-18-7-4-17-12(16)19-10(7)20/h4-5,8-9,12,22-23H,1H3,(H3,18,19,20,24);2,5-6,8-9,12,21-22H,1H3,(H3,17,18,19,23);4-5,7-8,11,21-22H,1H3,(H3,16,18,19,23);4-5,7-8,11,21-22H,1H3,(H3,16,18,19,24);4-6,8-9,11,21-22H,1H3,(H2,16,17,19)/t5-,8+,9-,12+,14?;6-,8+,9-,12+,14?;2*5-,7+,8-,11+,13?;6-,8+,9-,11+,13?/m00000/s1. The quantitative estimate of drug-likeness (QED) is 0.0516. The highest BCUT2D eigenvalue weighted by molar-refractivity contribution is 7.71.